The molecular weight excluding hydrogens is 664 g/mol. The summed E-state index contributed by atoms with van der Waals surface area (Å²) in [5, 5.41) is 13.1. The predicted octanol–water partition coefficient (Wildman–Crippen LogP) is 5.18. The summed E-state index contributed by atoms with van der Waals surface area (Å²) in [6, 6.07) is 16.8. The van der Waals surface area contributed by atoms with E-state index in [2.05, 4.69) is 10.0 Å². The molecule has 270 valence electrons. The van der Waals surface area contributed by atoms with E-state index in [-0.39, 0.29) is 60.7 Å². The molecule has 0 saturated heterocycles. The van der Waals surface area contributed by atoms with Crippen LogP contribution in [-0.4, -0.2) is 93.7 Å². The molecule has 3 amide bonds. The lowest BCUT2D eigenvalue weighted by Crippen LogP contribution is -2.48. The summed E-state index contributed by atoms with van der Waals surface area (Å²) >= 11 is 0. The standard InChI is InChI=1S/C36H46N4O9S/c1-24-20-40(25(2)22-41)35(42)30-18-28(38-50(44,45)29-11-6-5-7-12-29)14-15-31(30)49-26(3)10-8-9-17-46-34(24)21-39(4)36(43)37-27-13-16-32-33(19-27)48-23-47-32/h5-7,11-16,18-19,24-26,34,38,41H,8-10,17,20-23H2,1-4H3,(H,37,43)/t24-,25+,26-,34+/m1/s1. The quantitative estimate of drug-likeness (QED) is 0.287. The van der Waals surface area contributed by atoms with E-state index in [0.717, 1.165) is 12.8 Å². The number of carbonyl (C=O) groups is 2. The molecule has 0 bridgehead atoms. The number of aliphatic hydroxyl groups excluding tert-OH is 1. The van der Waals surface area contributed by atoms with Crippen LogP contribution in [0.15, 0.2) is 71.6 Å². The lowest BCUT2D eigenvalue weighted by Gasteiger charge is -2.35. The number of rotatable bonds is 8. The van der Waals surface area contributed by atoms with Gasteiger partial charge in [-0.15, -0.1) is 0 Å². The Kier molecular flexibility index (Phi) is 12.1. The normalized spacial score (nSPS) is 20.5. The van der Waals surface area contributed by atoms with Crippen LogP contribution in [0.2, 0.25) is 0 Å². The minimum atomic E-state index is -3.93. The Balaban J connectivity index is 1.38. The van der Waals surface area contributed by atoms with Gasteiger partial charge in [-0.25, -0.2) is 13.2 Å². The highest BCUT2D eigenvalue weighted by atomic mass is 32.2. The maximum atomic E-state index is 14.4. The molecule has 2 aliphatic rings. The van der Waals surface area contributed by atoms with Crippen LogP contribution in [0, 0.1) is 5.92 Å². The number of carbonyl (C=O) groups excluding carboxylic acids is 2. The number of benzene rings is 3. The first-order valence-corrected chi connectivity index (χ1v) is 18.3. The number of urea groups is 1. The van der Waals surface area contributed by atoms with Crippen molar-refractivity contribution in [2.75, 3.05) is 50.2 Å². The number of ether oxygens (including phenoxy) is 4. The fourth-order valence-electron chi connectivity index (χ4n) is 5.81. The lowest BCUT2D eigenvalue weighted by atomic mass is 10.0. The molecule has 0 radical (unpaired) electrons. The molecular formula is C36H46N4O9S. The first-order valence-electron chi connectivity index (χ1n) is 16.8. The number of nitrogens with one attached hydrogen (secondary N) is 2. The third-order valence-electron chi connectivity index (χ3n) is 8.78. The zero-order chi connectivity index (χ0) is 35.8. The van der Waals surface area contributed by atoms with Crippen molar-refractivity contribution in [1.82, 2.24) is 9.80 Å². The van der Waals surface area contributed by atoms with Crippen LogP contribution in [0.5, 0.6) is 17.2 Å². The van der Waals surface area contributed by atoms with Crippen molar-refractivity contribution in [3.63, 3.8) is 0 Å². The molecule has 4 atom stereocenters. The van der Waals surface area contributed by atoms with E-state index in [1.54, 1.807) is 67.4 Å². The first kappa shape index (κ1) is 36.7. The van der Waals surface area contributed by atoms with Crippen molar-refractivity contribution >= 4 is 33.3 Å². The van der Waals surface area contributed by atoms with Gasteiger partial charge in [0.25, 0.3) is 15.9 Å². The molecule has 0 spiro atoms. The third-order valence-corrected chi connectivity index (χ3v) is 10.2. The van der Waals surface area contributed by atoms with Gasteiger partial charge in [-0.1, -0.05) is 25.1 Å². The molecule has 13 nitrogen and oxygen atoms in total. The minimum absolute atomic E-state index is 0.0845. The van der Waals surface area contributed by atoms with E-state index >= 15 is 0 Å². The first-order chi connectivity index (χ1) is 23.9. The van der Waals surface area contributed by atoms with E-state index in [0.29, 0.717) is 36.0 Å². The van der Waals surface area contributed by atoms with Gasteiger partial charge in [-0.3, -0.25) is 9.52 Å². The third kappa shape index (κ3) is 9.17. The number of sulfonamides is 1. The fourth-order valence-corrected chi connectivity index (χ4v) is 6.88. The fraction of sp³-hybridized carbons (Fsp3) is 0.444. The molecule has 3 aromatic carbocycles. The topological polar surface area (TPSA) is 156 Å². The Bertz CT molecular complexity index is 1740. The SMILES string of the molecule is C[C@@H]1CCCCO[C@@H](CN(C)C(=O)Nc2ccc3c(c2)OCO3)[C@H](C)CN([C@@H](C)CO)C(=O)c2cc(NS(=O)(=O)c3ccccc3)ccc2O1. The van der Waals surface area contributed by atoms with Gasteiger partial charge in [0.05, 0.1) is 35.3 Å². The van der Waals surface area contributed by atoms with Gasteiger partial charge in [0.2, 0.25) is 6.79 Å². The molecule has 0 fully saturated rings. The summed E-state index contributed by atoms with van der Waals surface area (Å²) in [7, 11) is -2.25. The highest BCUT2D eigenvalue weighted by Crippen LogP contribution is 2.34. The van der Waals surface area contributed by atoms with E-state index in [4.69, 9.17) is 18.9 Å². The zero-order valence-electron chi connectivity index (χ0n) is 28.8. The Morgan fingerprint density at radius 3 is 2.48 bits per heavy atom. The van der Waals surface area contributed by atoms with Crippen molar-refractivity contribution in [1.29, 1.82) is 0 Å². The number of hydrogen-bond acceptors (Lipinski definition) is 9. The maximum Gasteiger partial charge on any atom is 0.321 e. The van der Waals surface area contributed by atoms with Gasteiger partial charge in [0.15, 0.2) is 11.5 Å². The van der Waals surface area contributed by atoms with Crippen molar-refractivity contribution in [2.45, 2.75) is 63.2 Å². The second-order valence-corrected chi connectivity index (χ2v) is 14.5. The van der Waals surface area contributed by atoms with Gasteiger partial charge in [0, 0.05) is 50.1 Å². The Hall–Kier alpha value is -4.53. The van der Waals surface area contributed by atoms with Crippen molar-refractivity contribution in [3.8, 4) is 17.2 Å². The Morgan fingerprint density at radius 1 is 1.00 bits per heavy atom. The van der Waals surface area contributed by atoms with E-state index < -0.39 is 28.1 Å². The summed E-state index contributed by atoms with van der Waals surface area (Å²) in [6.45, 7) is 6.27. The van der Waals surface area contributed by atoms with Crippen LogP contribution in [0.4, 0.5) is 16.2 Å². The van der Waals surface area contributed by atoms with Crippen LogP contribution in [-0.2, 0) is 14.8 Å². The summed E-state index contributed by atoms with van der Waals surface area (Å²) in [5.74, 6) is 0.768. The van der Waals surface area contributed by atoms with Gasteiger partial charge >= 0.3 is 6.03 Å². The maximum absolute atomic E-state index is 14.4. The molecule has 0 unspecified atom stereocenters. The molecule has 2 aliphatic heterocycles. The highest BCUT2D eigenvalue weighted by molar-refractivity contribution is 7.92. The number of nitrogens with zero attached hydrogens (tertiary/aromatic N) is 2. The Morgan fingerprint density at radius 2 is 1.72 bits per heavy atom. The average molecular weight is 711 g/mol. The number of anilines is 2. The second kappa shape index (κ2) is 16.5. The molecule has 0 aliphatic carbocycles. The molecule has 2 heterocycles. The van der Waals surface area contributed by atoms with Crippen molar-refractivity contribution < 1.29 is 42.1 Å². The van der Waals surface area contributed by atoms with Gasteiger partial charge < -0.3 is 39.2 Å². The van der Waals surface area contributed by atoms with Gasteiger partial charge in [0.1, 0.15) is 5.75 Å². The van der Waals surface area contributed by atoms with Gasteiger partial charge in [-0.05, 0) is 75.6 Å². The average Bonchev–Trinajstić information content (AvgIpc) is 3.57. The lowest BCUT2D eigenvalue weighted by molar-refractivity contribution is -0.0115. The molecule has 0 saturated carbocycles. The smallest absolute Gasteiger partial charge is 0.321 e. The predicted molar refractivity (Wildman–Crippen MR) is 188 cm³/mol. The number of likely N-dealkylation sites (N-methyl/N-ethyl adjacent to an activating group) is 1. The van der Waals surface area contributed by atoms with Crippen LogP contribution in [0.1, 0.15) is 50.4 Å². The minimum Gasteiger partial charge on any atom is -0.490 e. The van der Waals surface area contributed by atoms with Gasteiger partial charge in [-0.2, -0.15) is 0 Å². The van der Waals surface area contributed by atoms with E-state index in [1.807, 2.05) is 13.8 Å². The summed E-state index contributed by atoms with van der Waals surface area (Å²) in [5.41, 5.74) is 0.909. The second-order valence-electron chi connectivity index (χ2n) is 12.8. The monoisotopic (exact) mass is 710 g/mol. The Labute approximate surface area is 293 Å². The van der Waals surface area contributed by atoms with E-state index in [9.17, 15) is 23.1 Å². The zero-order valence-corrected chi connectivity index (χ0v) is 29.6. The van der Waals surface area contributed by atoms with Crippen LogP contribution >= 0.6 is 0 Å². The largest absolute Gasteiger partial charge is 0.490 e. The van der Waals surface area contributed by atoms with E-state index in [1.165, 1.54) is 23.1 Å². The molecule has 3 aromatic rings. The summed E-state index contributed by atoms with van der Waals surface area (Å²) < 4.78 is 52.3. The number of hydrogen-bond donors (Lipinski definition) is 3. The summed E-state index contributed by atoms with van der Waals surface area (Å²) in [4.78, 5) is 30.8. The molecule has 50 heavy (non-hydrogen) atoms. The number of aliphatic hydroxyl groups is 1. The van der Waals surface area contributed by atoms with Crippen LogP contribution < -0.4 is 24.2 Å². The number of amides is 3. The van der Waals surface area contributed by atoms with Crippen molar-refractivity contribution in [3.05, 3.63) is 72.3 Å². The molecule has 5 rings (SSSR count). The number of fused-ring (bicyclic) bond motifs is 2. The molecule has 0 aromatic heterocycles. The highest BCUT2D eigenvalue weighted by Gasteiger charge is 2.31. The summed E-state index contributed by atoms with van der Waals surface area (Å²) in [6.07, 6.45) is 1.54. The molecule has 14 heteroatoms. The molecule has 3 N–H and O–H groups in total. The van der Waals surface area contributed by atoms with Crippen LogP contribution in [0.3, 0.4) is 0 Å². The van der Waals surface area contributed by atoms with Crippen LogP contribution in [0.25, 0.3) is 0 Å². The van der Waals surface area contributed by atoms with Crippen molar-refractivity contribution in [2.24, 2.45) is 5.92 Å².